The number of benzene rings is 1. The quantitative estimate of drug-likeness (QED) is 0.832. The number of carbonyl (C=O) groups excluding carboxylic acids is 2. The van der Waals surface area contributed by atoms with Crippen LogP contribution in [0.5, 0.6) is 5.75 Å². The van der Waals surface area contributed by atoms with E-state index in [1.54, 1.807) is 34.9 Å². The summed E-state index contributed by atoms with van der Waals surface area (Å²) in [5.41, 5.74) is 1.30. The number of anilines is 1. The van der Waals surface area contributed by atoms with Gasteiger partial charge in [-0.1, -0.05) is 0 Å². The highest BCUT2D eigenvalue weighted by Crippen LogP contribution is 2.33. The SMILES string of the molecule is CC(=O)c1ccc2c(c1)N(C(=O)C1CSCN1)CCO2. The summed E-state index contributed by atoms with van der Waals surface area (Å²) in [6, 6.07) is 5.10. The van der Waals surface area contributed by atoms with E-state index in [0.29, 0.717) is 30.2 Å². The van der Waals surface area contributed by atoms with Gasteiger partial charge in [0.15, 0.2) is 5.78 Å². The Bertz CT molecular complexity index is 555. The number of ether oxygens (including phenoxy) is 1. The van der Waals surface area contributed by atoms with Gasteiger partial charge in [-0.05, 0) is 25.1 Å². The summed E-state index contributed by atoms with van der Waals surface area (Å²) in [6.07, 6.45) is 0. The largest absolute Gasteiger partial charge is 0.490 e. The van der Waals surface area contributed by atoms with E-state index in [4.69, 9.17) is 4.74 Å². The Kier molecular flexibility index (Phi) is 3.67. The van der Waals surface area contributed by atoms with E-state index in [1.165, 1.54) is 6.92 Å². The van der Waals surface area contributed by atoms with Crippen LogP contribution >= 0.6 is 11.8 Å². The molecule has 1 fully saturated rings. The molecule has 0 aliphatic carbocycles. The standard InChI is InChI=1S/C14H16N2O3S/c1-9(17)10-2-3-13-12(6-10)16(4-5-19-13)14(18)11-7-20-8-15-11/h2-3,6,11,15H,4-5,7-8H2,1H3. The predicted molar refractivity (Wildman–Crippen MR) is 78.5 cm³/mol. The third kappa shape index (κ3) is 2.41. The summed E-state index contributed by atoms with van der Waals surface area (Å²) < 4.78 is 5.57. The first-order valence-corrected chi connectivity index (χ1v) is 7.72. The normalized spacial score (nSPS) is 21.2. The molecule has 0 spiro atoms. The molecule has 106 valence electrons. The van der Waals surface area contributed by atoms with Crippen LogP contribution in [0.15, 0.2) is 18.2 Å². The molecule has 0 radical (unpaired) electrons. The molecule has 2 aliphatic heterocycles. The summed E-state index contributed by atoms with van der Waals surface area (Å²) in [4.78, 5) is 25.8. The molecule has 6 heteroatoms. The first kappa shape index (κ1) is 13.5. The van der Waals surface area contributed by atoms with Crippen molar-refractivity contribution in [2.24, 2.45) is 0 Å². The third-order valence-corrected chi connectivity index (χ3v) is 4.45. The number of carbonyl (C=O) groups is 2. The molecule has 2 heterocycles. The van der Waals surface area contributed by atoms with Gasteiger partial charge in [-0.3, -0.25) is 14.9 Å². The topological polar surface area (TPSA) is 58.6 Å². The van der Waals surface area contributed by atoms with Gasteiger partial charge in [-0.2, -0.15) is 0 Å². The summed E-state index contributed by atoms with van der Waals surface area (Å²) >= 11 is 1.72. The van der Waals surface area contributed by atoms with Crippen molar-refractivity contribution in [1.29, 1.82) is 0 Å². The Balaban J connectivity index is 1.93. The molecule has 3 rings (SSSR count). The van der Waals surface area contributed by atoms with E-state index >= 15 is 0 Å². The van der Waals surface area contributed by atoms with Crippen LogP contribution in [-0.4, -0.2) is 42.5 Å². The molecule has 1 unspecified atom stereocenters. The molecule has 1 aromatic rings. The van der Waals surface area contributed by atoms with E-state index < -0.39 is 0 Å². The second kappa shape index (κ2) is 5.46. The number of fused-ring (bicyclic) bond motifs is 1. The van der Waals surface area contributed by atoms with Crippen molar-refractivity contribution in [3.8, 4) is 5.75 Å². The van der Waals surface area contributed by atoms with Gasteiger partial charge in [0, 0.05) is 17.2 Å². The minimum atomic E-state index is -0.146. The van der Waals surface area contributed by atoms with Crippen molar-refractivity contribution in [1.82, 2.24) is 5.32 Å². The Morgan fingerprint density at radius 2 is 2.30 bits per heavy atom. The molecular weight excluding hydrogens is 276 g/mol. The average Bonchev–Trinajstić information content (AvgIpc) is 2.99. The molecule has 0 saturated carbocycles. The second-order valence-corrected chi connectivity index (χ2v) is 5.88. The fourth-order valence-electron chi connectivity index (χ4n) is 2.41. The van der Waals surface area contributed by atoms with Gasteiger partial charge in [-0.25, -0.2) is 0 Å². The zero-order valence-corrected chi connectivity index (χ0v) is 12.0. The Hall–Kier alpha value is -1.53. The number of hydrogen-bond acceptors (Lipinski definition) is 5. The Morgan fingerprint density at radius 1 is 1.45 bits per heavy atom. The van der Waals surface area contributed by atoms with Crippen molar-refractivity contribution in [3.63, 3.8) is 0 Å². The van der Waals surface area contributed by atoms with Crippen molar-refractivity contribution in [2.75, 3.05) is 29.7 Å². The lowest BCUT2D eigenvalue weighted by atomic mass is 10.1. The monoisotopic (exact) mass is 292 g/mol. The number of thioether (sulfide) groups is 1. The maximum absolute atomic E-state index is 12.6. The number of nitrogens with zero attached hydrogens (tertiary/aromatic N) is 1. The Labute approximate surface area is 121 Å². The van der Waals surface area contributed by atoms with Crippen LogP contribution in [0.4, 0.5) is 5.69 Å². The average molecular weight is 292 g/mol. The molecule has 20 heavy (non-hydrogen) atoms. The van der Waals surface area contributed by atoms with Gasteiger partial charge < -0.3 is 9.64 Å². The predicted octanol–water partition coefficient (Wildman–Crippen LogP) is 1.28. The molecular formula is C14H16N2O3S. The third-order valence-electron chi connectivity index (χ3n) is 3.51. The van der Waals surface area contributed by atoms with Gasteiger partial charge in [0.2, 0.25) is 5.91 Å². The van der Waals surface area contributed by atoms with Crippen LogP contribution < -0.4 is 15.0 Å². The molecule has 1 atom stereocenters. The highest BCUT2D eigenvalue weighted by molar-refractivity contribution is 7.99. The lowest BCUT2D eigenvalue weighted by Gasteiger charge is -2.31. The number of amides is 1. The Morgan fingerprint density at radius 3 is 3.00 bits per heavy atom. The van der Waals surface area contributed by atoms with Crippen LogP contribution in [-0.2, 0) is 4.79 Å². The molecule has 2 aliphatic rings. The first-order chi connectivity index (χ1) is 9.66. The highest BCUT2D eigenvalue weighted by atomic mass is 32.2. The van der Waals surface area contributed by atoms with E-state index in [-0.39, 0.29) is 17.7 Å². The lowest BCUT2D eigenvalue weighted by Crippen LogP contribution is -2.48. The van der Waals surface area contributed by atoms with E-state index in [2.05, 4.69) is 5.32 Å². The second-order valence-electron chi connectivity index (χ2n) is 4.85. The zero-order valence-electron chi connectivity index (χ0n) is 11.2. The van der Waals surface area contributed by atoms with Crippen molar-refractivity contribution < 1.29 is 14.3 Å². The molecule has 5 nitrogen and oxygen atoms in total. The van der Waals surface area contributed by atoms with Crippen LogP contribution in [0.2, 0.25) is 0 Å². The zero-order chi connectivity index (χ0) is 14.1. The first-order valence-electron chi connectivity index (χ1n) is 6.57. The van der Waals surface area contributed by atoms with Gasteiger partial charge in [0.05, 0.1) is 18.3 Å². The van der Waals surface area contributed by atoms with E-state index in [9.17, 15) is 9.59 Å². The summed E-state index contributed by atoms with van der Waals surface area (Å²) in [6.45, 7) is 2.53. The van der Waals surface area contributed by atoms with Crippen LogP contribution in [0.3, 0.4) is 0 Å². The van der Waals surface area contributed by atoms with Gasteiger partial charge in [0.25, 0.3) is 0 Å². The summed E-state index contributed by atoms with van der Waals surface area (Å²) in [5, 5.41) is 3.19. The maximum Gasteiger partial charge on any atom is 0.245 e. The van der Waals surface area contributed by atoms with Crippen molar-refractivity contribution in [3.05, 3.63) is 23.8 Å². The molecule has 1 amide bonds. The van der Waals surface area contributed by atoms with Crippen molar-refractivity contribution >= 4 is 29.1 Å². The van der Waals surface area contributed by atoms with Crippen LogP contribution in [0.25, 0.3) is 0 Å². The molecule has 1 N–H and O–H groups in total. The number of Topliss-reactive ketones (excluding diaryl/α,β-unsaturated/α-hetero) is 1. The van der Waals surface area contributed by atoms with E-state index in [0.717, 1.165) is 11.6 Å². The molecule has 1 saturated heterocycles. The fourth-order valence-corrected chi connectivity index (χ4v) is 3.34. The lowest BCUT2D eigenvalue weighted by molar-refractivity contribution is -0.120. The number of ketones is 1. The van der Waals surface area contributed by atoms with Crippen molar-refractivity contribution in [2.45, 2.75) is 13.0 Å². The number of nitrogens with one attached hydrogen (secondary N) is 1. The molecule has 1 aromatic carbocycles. The summed E-state index contributed by atoms with van der Waals surface area (Å²) in [7, 11) is 0. The van der Waals surface area contributed by atoms with Gasteiger partial charge in [-0.15, -0.1) is 11.8 Å². The van der Waals surface area contributed by atoms with Crippen LogP contribution in [0, 0.1) is 0 Å². The maximum atomic E-state index is 12.6. The minimum Gasteiger partial charge on any atom is -0.490 e. The minimum absolute atomic E-state index is 0.0136. The van der Waals surface area contributed by atoms with Crippen LogP contribution in [0.1, 0.15) is 17.3 Å². The summed E-state index contributed by atoms with van der Waals surface area (Å²) in [5.74, 6) is 2.31. The number of hydrogen-bond donors (Lipinski definition) is 1. The smallest absolute Gasteiger partial charge is 0.245 e. The molecule has 0 bridgehead atoms. The number of rotatable bonds is 2. The highest BCUT2D eigenvalue weighted by Gasteiger charge is 2.31. The molecule has 0 aromatic heterocycles. The van der Waals surface area contributed by atoms with Gasteiger partial charge >= 0.3 is 0 Å². The van der Waals surface area contributed by atoms with E-state index in [1.807, 2.05) is 0 Å². The van der Waals surface area contributed by atoms with Gasteiger partial charge in [0.1, 0.15) is 12.4 Å². The fraction of sp³-hybridized carbons (Fsp3) is 0.429.